The summed E-state index contributed by atoms with van der Waals surface area (Å²) in [6.07, 6.45) is -4.50. The van der Waals surface area contributed by atoms with Gasteiger partial charge in [-0.1, -0.05) is 12.1 Å². The predicted molar refractivity (Wildman–Crippen MR) is 58.0 cm³/mol. The van der Waals surface area contributed by atoms with Crippen LogP contribution in [0.2, 0.25) is 0 Å². The molecule has 1 aromatic carbocycles. The Balaban J connectivity index is 2.11. The molecule has 0 bridgehead atoms. The molecule has 2 atom stereocenters. The quantitative estimate of drug-likeness (QED) is 0.844. The van der Waals surface area contributed by atoms with E-state index in [1.807, 2.05) is 0 Å². The van der Waals surface area contributed by atoms with Crippen LogP contribution in [0.1, 0.15) is 24.6 Å². The maximum Gasteiger partial charge on any atom is 0.573 e. The van der Waals surface area contributed by atoms with Gasteiger partial charge in [0.15, 0.2) is 0 Å². The van der Waals surface area contributed by atoms with Gasteiger partial charge in [0.05, 0.1) is 0 Å². The van der Waals surface area contributed by atoms with Crippen molar-refractivity contribution in [1.82, 2.24) is 5.32 Å². The highest BCUT2D eigenvalue weighted by molar-refractivity contribution is 5.31. The Labute approximate surface area is 102 Å². The van der Waals surface area contributed by atoms with Crippen LogP contribution in [0.15, 0.2) is 24.3 Å². The Bertz CT molecular complexity index is 401. The lowest BCUT2D eigenvalue weighted by molar-refractivity contribution is -0.274. The second kappa shape index (κ2) is 5.14. The second-order valence-electron chi connectivity index (χ2n) is 4.22. The molecule has 1 fully saturated rings. The van der Waals surface area contributed by atoms with Gasteiger partial charge in [-0.3, -0.25) is 0 Å². The molecule has 2 rings (SSSR count). The van der Waals surface area contributed by atoms with Gasteiger partial charge in [0, 0.05) is 6.04 Å². The minimum atomic E-state index is -4.75. The van der Waals surface area contributed by atoms with Crippen LogP contribution in [0, 0.1) is 0 Å². The number of alkyl halides is 4. The Hall–Kier alpha value is -1.30. The molecule has 0 aliphatic carbocycles. The summed E-state index contributed by atoms with van der Waals surface area (Å²) < 4.78 is 54.0. The minimum Gasteiger partial charge on any atom is -0.406 e. The zero-order valence-electron chi connectivity index (χ0n) is 9.51. The van der Waals surface area contributed by atoms with E-state index in [0.717, 1.165) is 25.1 Å². The molecule has 2 nitrogen and oxygen atoms in total. The topological polar surface area (TPSA) is 21.3 Å². The zero-order chi connectivity index (χ0) is 13.2. The highest BCUT2D eigenvalue weighted by Crippen LogP contribution is 2.30. The molecule has 0 spiro atoms. The standard InChI is InChI=1S/C12H13F4NO/c13-11(10-5-2-6-17-10)8-3-1-4-9(7-8)18-12(14,15)16/h1,3-4,7,10-11,17H,2,5-6H2. The van der Waals surface area contributed by atoms with Gasteiger partial charge in [-0.05, 0) is 37.1 Å². The van der Waals surface area contributed by atoms with Crippen molar-refractivity contribution in [2.75, 3.05) is 6.54 Å². The average Bonchev–Trinajstić information content (AvgIpc) is 2.79. The molecule has 0 amide bonds. The van der Waals surface area contributed by atoms with E-state index in [2.05, 4.69) is 10.1 Å². The summed E-state index contributed by atoms with van der Waals surface area (Å²) in [5.41, 5.74) is 0.205. The van der Waals surface area contributed by atoms with E-state index >= 15 is 0 Å². The summed E-state index contributed by atoms with van der Waals surface area (Å²) >= 11 is 0. The monoisotopic (exact) mass is 263 g/mol. The summed E-state index contributed by atoms with van der Waals surface area (Å²) in [7, 11) is 0. The van der Waals surface area contributed by atoms with E-state index in [-0.39, 0.29) is 17.4 Å². The highest BCUT2D eigenvalue weighted by atomic mass is 19.4. The average molecular weight is 263 g/mol. The molecule has 100 valence electrons. The van der Waals surface area contributed by atoms with Gasteiger partial charge in [0.1, 0.15) is 11.9 Å². The van der Waals surface area contributed by atoms with Gasteiger partial charge >= 0.3 is 6.36 Å². The Morgan fingerprint density at radius 1 is 1.33 bits per heavy atom. The van der Waals surface area contributed by atoms with Gasteiger partial charge in [-0.15, -0.1) is 13.2 Å². The van der Waals surface area contributed by atoms with Crippen molar-refractivity contribution in [2.24, 2.45) is 0 Å². The van der Waals surface area contributed by atoms with Crippen molar-refractivity contribution in [3.05, 3.63) is 29.8 Å². The molecule has 0 radical (unpaired) electrons. The lowest BCUT2D eigenvalue weighted by Gasteiger charge is -2.17. The maximum atomic E-state index is 14.1. The molecule has 2 unspecified atom stereocenters. The SMILES string of the molecule is FC(c1cccc(OC(F)(F)F)c1)C1CCCN1. The fraction of sp³-hybridized carbons (Fsp3) is 0.500. The molecular formula is C12H13F4NO. The van der Waals surface area contributed by atoms with E-state index in [4.69, 9.17) is 0 Å². The summed E-state index contributed by atoms with van der Waals surface area (Å²) in [5.74, 6) is -0.388. The molecule has 1 aliphatic heterocycles. The van der Waals surface area contributed by atoms with Crippen LogP contribution in [0.3, 0.4) is 0 Å². The number of hydrogen-bond acceptors (Lipinski definition) is 2. The van der Waals surface area contributed by atoms with E-state index in [1.54, 1.807) is 0 Å². The van der Waals surface area contributed by atoms with Crippen molar-refractivity contribution in [2.45, 2.75) is 31.4 Å². The van der Waals surface area contributed by atoms with Gasteiger partial charge in [-0.25, -0.2) is 4.39 Å². The largest absolute Gasteiger partial charge is 0.573 e. The zero-order valence-corrected chi connectivity index (χ0v) is 9.51. The van der Waals surface area contributed by atoms with Crippen LogP contribution < -0.4 is 10.1 Å². The minimum absolute atomic E-state index is 0.205. The first-order chi connectivity index (χ1) is 8.46. The Morgan fingerprint density at radius 3 is 2.72 bits per heavy atom. The third-order valence-electron chi connectivity index (χ3n) is 2.86. The Morgan fingerprint density at radius 2 is 2.11 bits per heavy atom. The third kappa shape index (κ3) is 3.35. The molecule has 18 heavy (non-hydrogen) atoms. The number of rotatable bonds is 3. The van der Waals surface area contributed by atoms with Crippen molar-refractivity contribution in [3.63, 3.8) is 0 Å². The lowest BCUT2D eigenvalue weighted by atomic mass is 10.0. The molecule has 0 saturated carbocycles. The molecule has 1 N–H and O–H groups in total. The summed E-state index contributed by atoms with van der Waals surface area (Å²) in [4.78, 5) is 0. The summed E-state index contributed by atoms with van der Waals surface area (Å²) in [6, 6.07) is 4.75. The van der Waals surface area contributed by atoms with Crippen LogP contribution in [-0.4, -0.2) is 18.9 Å². The van der Waals surface area contributed by atoms with Gasteiger partial charge in [-0.2, -0.15) is 0 Å². The van der Waals surface area contributed by atoms with Crippen LogP contribution in [-0.2, 0) is 0 Å². The smallest absolute Gasteiger partial charge is 0.406 e. The molecule has 1 saturated heterocycles. The summed E-state index contributed by atoms with van der Waals surface area (Å²) in [6.45, 7) is 0.740. The highest BCUT2D eigenvalue weighted by Gasteiger charge is 2.32. The van der Waals surface area contributed by atoms with E-state index in [0.29, 0.717) is 6.42 Å². The van der Waals surface area contributed by atoms with Crippen LogP contribution in [0.4, 0.5) is 17.6 Å². The van der Waals surface area contributed by atoms with Gasteiger partial charge in [0.2, 0.25) is 0 Å². The van der Waals surface area contributed by atoms with Crippen molar-refractivity contribution < 1.29 is 22.3 Å². The van der Waals surface area contributed by atoms with Crippen LogP contribution >= 0.6 is 0 Å². The fourth-order valence-electron chi connectivity index (χ4n) is 2.08. The molecule has 6 heteroatoms. The third-order valence-corrected chi connectivity index (χ3v) is 2.86. The van der Waals surface area contributed by atoms with E-state index in [1.165, 1.54) is 12.1 Å². The number of hydrogen-bond donors (Lipinski definition) is 1. The van der Waals surface area contributed by atoms with Gasteiger partial charge < -0.3 is 10.1 Å². The van der Waals surface area contributed by atoms with Crippen molar-refractivity contribution in [3.8, 4) is 5.75 Å². The van der Waals surface area contributed by atoms with E-state index < -0.39 is 12.5 Å². The second-order valence-corrected chi connectivity index (χ2v) is 4.22. The number of ether oxygens (including phenoxy) is 1. The fourth-order valence-corrected chi connectivity index (χ4v) is 2.08. The normalized spacial score (nSPS) is 21.9. The van der Waals surface area contributed by atoms with Crippen molar-refractivity contribution in [1.29, 1.82) is 0 Å². The first-order valence-corrected chi connectivity index (χ1v) is 5.69. The number of halogens is 4. The van der Waals surface area contributed by atoms with Crippen LogP contribution in [0.5, 0.6) is 5.75 Å². The molecule has 1 aromatic rings. The predicted octanol–water partition coefficient (Wildman–Crippen LogP) is 3.35. The number of nitrogens with one attached hydrogen (secondary N) is 1. The van der Waals surface area contributed by atoms with Crippen LogP contribution in [0.25, 0.3) is 0 Å². The van der Waals surface area contributed by atoms with E-state index in [9.17, 15) is 17.6 Å². The van der Waals surface area contributed by atoms with Crippen molar-refractivity contribution >= 4 is 0 Å². The lowest BCUT2D eigenvalue weighted by Crippen LogP contribution is -2.26. The summed E-state index contributed by atoms with van der Waals surface area (Å²) in [5, 5.41) is 2.98. The molecule has 1 heterocycles. The first-order valence-electron chi connectivity index (χ1n) is 5.69. The molecule has 1 aliphatic rings. The first kappa shape index (κ1) is 13.1. The maximum absolute atomic E-state index is 14.1. The number of benzene rings is 1. The molecule has 0 aromatic heterocycles. The molecular weight excluding hydrogens is 250 g/mol. The van der Waals surface area contributed by atoms with Gasteiger partial charge in [0.25, 0.3) is 0 Å². The Kier molecular flexibility index (Phi) is 3.75.